The topological polar surface area (TPSA) is 64.5 Å². The lowest BCUT2D eigenvalue weighted by atomic mass is 9.97. The summed E-state index contributed by atoms with van der Waals surface area (Å²) in [5.74, 6) is 2.42. The van der Waals surface area contributed by atoms with E-state index in [0.717, 1.165) is 76.6 Å². The van der Waals surface area contributed by atoms with Crippen molar-refractivity contribution in [1.29, 1.82) is 0 Å². The quantitative estimate of drug-likeness (QED) is 0.159. The number of para-hydroxylation sites is 1. The summed E-state index contributed by atoms with van der Waals surface area (Å²) in [5.41, 5.74) is 21.2. The first-order chi connectivity index (χ1) is 46.6. The van der Waals surface area contributed by atoms with Gasteiger partial charge in [-0.05, 0) is 241 Å². The Hall–Kier alpha value is -6.69. The van der Waals surface area contributed by atoms with Crippen LogP contribution in [0.15, 0.2) is 151 Å². The molecule has 522 valence electrons. The summed E-state index contributed by atoms with van der Waals surface area (Å²) >= 11 is 33.5. The number of halogens is 9. The van der Waals surface area contributed by atoms with Crippen LogP contribution in [-0.2, 0) is 0 Å². The summed E-state index contributed by atoms with van der Waals surface area (Å²) in [7, 11) is 0. The maximum absolute atomic E-state index is 13.7. The van der Waals surface area contributed by atoms with Crippen molar-refractivity contribution < 1.29 is 13.2 Å². The molecule has 7 aromatic carbocycles. The Labute approximate surface area is 619 Å². The van der Waals surface area contributed by atoms with Crippen LogP contribution in [0.25, 0.3) is 54.5 Å². The Morgan fingerprint density at radius 1 is 0.313 bits per heavy atom. The van der Waals surface area contributed by atoms with Crippen LogP contribution in [0, 0.1) is 65.9 Å². The van der Waals surface area contributed by atoms with E-state index < -0.39 is 0 Å². The highest BCUT2D eigenvalue weighted by molar-refractivity contribution is 9.10. The molecule has 12 rings (SSSR count). The van der Waals surface area contributed by atoms with Crippen LogP contribution >= 0.6 is 73.9 Å². The highest BCUT2D eigenvalue weighted by Crippen LogP contribution is 2.36. The minimum atomic E-state index is -0.389. The molecule has 5 heterocycles. The van der Waals surface area contributed by atoms with E-state index in [1.807, 2.05) is 75.9 Å². The molecule has 0 aliphatic carbocycles. The van der Waals surface area contributed by atoms with Crippen molar-refractivity contribution in [3.05, 3.63) is 271 Å². The maximum Gasteiger partial charge on any atom is 0.142 e. The molecule has 0 atom stereocenters. The van der Waals surface area contributed by atoms with E-state index in [1.165, 1.54) is 78.6 Å². The Kier molecular flexibility index (Phi) is 30.2. The van der Waals surface area contributed by atoms with Gasteiger partial charge >= 0.3 is 0 Å². The second-order valence-electron chi connectivity index (χ2n) is 27.2. The third-order valence-corrected chi connectivity index (χ3v) is 19.5. The summed E-state index contributed by atoms with van der Waals surface area (Å²) in [4.78, 5) is 21.7. The van der Waals surface area contributed by atoms with Crippen molar-refractivity contribution in [2.75, 3.05) is 0 Å². The van der Waals surface area contributed by atoms with E-state index in [9.17, 15) is 13.2 Å². The maximum atomic E-state index is 13.7. The molecular weight excluding hydrogens is 1410 g/mol. The molecule has 14 heteroatoms. The predicted octanol–water partition coefficient (Wildman–Crippen LogP) is 29.0. The summed E-state index contributed by atoms with van der Waals surface area (Å²) in [6.07, 6.45) is 9.41. The average Bonchev–Trinajstić information content (AvgIpc) is 0.808. The number of aryl methyl sites for hydroxylation is 7. The van der Waals surface area contributed by atoms with E-state index in [2.05, 4.69) is 208 Å². The molecule has 5 nitrogen and oxygen atoms in total. The third kappa shape index (κ3) is 21.0. The van der Waals surface area contributed by atoms with Crippen LogP contribution in [0.1, 0.15) is 216 Å². The fourth-order valence-electron chi connectivity index (χ4n) is 12.4. The van der Waals surface area contributed by atoms with Gasteiger partial charge in [-0.2, -0.15) is 0 Å². The molecule has 0 aliphatic rings. The standard InChI is InChI=1S/C13H13Cl2N.2C13H13ClFN.C13H14FN.C13H15N.C10H13Br.C10H13Cl/c1-7(2)10-6-16-12-5-9(14)4-11(15)13(12)8(10)3;1-7(2)10-6-16-12-5-9(15)4-11(14)13(12)8(10)3;1-7(2)9-6-16-11-5-4-10(15)13(14)12(11)8(9)3;1-8(2)10-7-15-12-6-4-5-11(14)13(12)9(10)3;1-9(2)12-8-14-13-7-5-4-6-11(13)10(12)3;2*1-7(2)10-5-4-9(11)6-8(10)3/h3*4-7H,1-3H3;4-8H,1-3H3;4-9H,1-3H3;2*4-7H,1-3H3. The first-order valence-corrected chi connectivity index (χ1v) is 36.4. The molecule has 0 spiro atoms. The zero-order valence-electron chi connectivity index (χ0n) is 61.0. The van der Waals surface area contributed by atoms with Gasteiger partial charge in [-0.3, -0.25) is 24.9 Å². The largest absolute Gasteiger partial charge is 0.256 e. The normalized spacial score (nSPS) is 11.2. The molecule has 0 fully saturated rings. The number of benzene rings is 7. The third-order valence-electron chi connectivity index (χ3n) is 17.6. The molecule has 0 bridgehead atoms. The Balaban J connectivity index is 0.000000183. The number of rotatable bonds is 7. The number of pyridine rings is 5. The second kappa shape index (κ2) is 36.8. The first-order valence-electron chi connectivity index (χ1n) is 33.7. The van der Waals surface area contributed by atoms with Gasteiger partial charge in [0.2, 0.25) is 0 Å². The van der Waals surface area contributed by atoms with Crippen molar-refractivity contribution >= 4 is 128 Å². The predicted molar refractivity (Wildman–Crippen MR) is 426 cm³/mol. The van der Waals surface area contributed by atoms with E-state index in [1.54, 1.807) is 24.4 Å². The molecule has 0 amide bonds. The molecule has 0 N–H and O–H groups in total. The van der Waals surface area contributed by atoms with Gasteiger partial charge in [0.25, 0.3) is 0 Å². The minimum absolute atomic E-state index is 0.171. The molecule has 99 heavy (non-hydrogen) atoms. The summed E-state index contributed by atoms with van der Waals surface area (Å²) in [6.45, 7) is 44.5. The lowest BCUT2D eigenvalue weighted by Crippen LogP contribution is -1.96. The summed E-state index contributed by atoms with van der Waals surface area (Å²) in [5, 5.41) is 7.26. The molecule has 0 radical (unpaired) electrons. The van der Waals surface area contributed by atoms with Crippen molar-refractivity contribution in [1.82, 2.24) is 24.9 Å². The molecule has 0 saturated carbocycles. The van der Waals surface area contributed by atoms with E-state index in [0.29, 0.717) is 67.4 Å². The van der Waals surface area contributed by atoms with E-state index in [4.69, 9.17) is 58.0 Å². The van der Waals surface area contributed by atoms with Gasteiger partial charge in [0.15, 0.2) is 0 Å². The van der Waals surface area contributed by atoms with Crippen LogP contribution in [0.3, 0.4) is 0 Å². The van der Waals surface area contributed by atoms with Gasteiger partial charge in [0.1, 0.15) is 17.5 Å². The highest BCUT2D eigenvalue weighted by Gasteiger charge is 2.17. The fourth-order valence-corrected chi connectivity index (χ4v) is 14.3. The lowest BCUT2D eigenvalue weighted by molar-refractivity contribution is 0.629. The molecular formula is C85H94BrCl5F3N5. The highest BCUT2D eigenvalue weighted by atomic mass is 79.9. The number of aromatic nitrogens is 5. The van der Waals surface area contributed by atoms with Crippen molar-refractivity contribution in [2.24, 2.45) is 0 Å². The number of nitrogens with zero attached hydrogens (tertiary/aromatic N) is 5. The van der Waals surface area contributed by atoms with Gasteiger partial charge in [-0.25, -0.2) is 13.2 Å². The molecule has 0 saturated heterocycles. The Morgan fingerprint density at radius 3 is 1.19 bits per heavy atom. The average molecular weight is 1500 g/mol. The number of hydrogen-bond acceptors (Lipinski definition) is 5. The number of fused-ring (bicyclic) bond motifs is 5. The van der Waals surface area contributed by atoms with Gasteiger partial charge in [0, 0.05) is 78.5 Å². The molecule has 5 aromatic heterocycles. The van der Waals surface area contributed by atoms with Gasteiger partial charge < -0.3 is 0 Å². The SMILES string of the molecule is Cc1c(C(C)C)cnc2cc(Cl)cc(Cl)c12.Cc1c(C(C)C)cnc2cc(F)cc(Cl)c12.Cc1c(C(C)C)cnc2ccc(F)c(Cl)c12.Cc1c(C(C)C)cnc2cccc(F)c12.Cc1c(C(C)C)cnc2ccccc12.Cc1cc(Br)ccc1C(C)C.Cc1cc(Cl)ccc1C(C)C. The molecule has 0 unspecified atom stereocenters. The zero-order valence-corrected chi connectivity index (χ0v) is 66.4. The number of hydrogen-bond donors (Lipinski definition) is 0. The first kappa shape index (κ1) is 81.3. The molecule has 0 aliphatic heterocycles. The van der Waals surface area contributed by atoms with Crippen LogP contribution in [0.2, 0.25) is 25.1 Å². The van der Waals surface area contributed by atoms with Crippen LogP contribution in [0.5, 0.6) is 0 Å². The van der Waals surface area contributed by atoms with Crippen molar-refractivity contribution in [3.63, 3.8) is 0 Å². The van der Waals surface area contributed by atoms with Crippen LogP contribution < -0.4 is 0 Å². The minimum Gasteiger partial charge on any atom is -0.256 e. The van der Waals surface area contributed by atoms with E-state index in [-0.39, 0.29) is 22.5 Å². The lowest BCUT2D eigenvalue weighted by Gasteiger charge is -2.12. The van der Waals surface area contributed by atoms with Gasteiger partial charge in [-0.1, -0.05) is 207 Å². The monoisotopic (exact) mass is 1500 g/mol. The summed E-state index contributed by atoms with van der Waals surface area (Å²) < 4.78 is 41.4. The van der Waals surface area contributed by atoms with Crippen LogP contribution in [0.4, 0.5) is 13.2 Å². The Morgan fingerprint density at radius 2 is 0.707 bits per heavy atom. The van der Waals surface area contributed by atoms with Gasteiger partial charge in [0.05, 0.1) is 42.7 Å². The van der Waals surface area contributed by atoms with E-state index >= 15 is 0 Å². The zero-order chi connectivity index (χ0) is 73.6. The molecule has 12 aromatic rings. The van der Waals surface area contributed by atoms with Crippen LogP contribution in [-0.4, -0.2) is 24.9 Å². The smallest absolute Gasteiger partial charge is 0.142 e. The second-order valence-corrected chi connectivity index (χ2v) is 30.2. The van der Waals surface area contributed by atoms with Gasteiger partial charge in [-0.15, -0.1) is 0 Å². The van der Waals surface area contributed by atoms with Crippen molar-refractivity contribution in [2.45, 2.75) is 187 Å². The Bertz CT molecular complexity index is 4620. The fraction of sp³-hybridized carbons (Fsp3) is 0.329. The summed E-state index contributed by atoms with van der Waals surface area (Å²) in [6, 6.07) is 35.2. The van der Waals surface area contributed by atoms with Crippen molar-refractivity contribution in [3.8, 4) is 0 Å².